The van der Waals surface area contributed by atoms with Crippen molar-refractivity contribution in [1.82, 2.24) is 10.6 Å². The zero-order valence-electron chi connectivity index (χ0n) is 30.0. The van der Waals surface area contributed by atoms with Crippen LogP contribution in [0.3, 0.4) is 0 Å². The molecule has 2 aliphatic heterocycles. The van der Waals surface area contributed by atoms with E-state index in [9.17, 15) is 35.1 Å². The van der Waals surface area contributed by atoms with Gasteiger partial charge in [-0.1, -0.05) is 19.3 Å². The van der Waals surface area contributed by atoms with Gasteiger partial charge in [0.2, 0.25) is 0 Å². The number of ether oxygens (including phenoxy) is 3. The van der Waals surface area contributed by atoms with Crippen LogP contribution in [-0.2, 0) is 23.8 Å². The molecule has 4 saturated carbocycles. The number of nitrogens with zero attached hydrogens (tertiary/aromatic N) is 1. The highest BCUT2D eigenvalue weighted by Gasteiger charge is 2.61. The number of methoxy groups -OCH3 is 1. The summed E-state index contributed by atoms with van der Waals surface area (Å²) >= 11 is 0. The highest BCUT2D eigenvalue weighted by molar-refractivity contribution is 6.00. The minimum Gasteiger partial charge on any atom is -0.394 e. The number of Topliss-reactive ketones (excluding diaryl/α,β-unsaturated/α-hetero) is 2. The van der Waals surface area contributed by atoms with E-state index in [2.05, 4.69) is 15.6 Å². The molecule has 0 aromatic carbocycles. The first-order valence-corrected chi connectivity index (χ1v) is 19.1. The topological polar surface area (TPSA) is 251 Å². The summed E-state index contributed by atoms with van der Waals surface area (Å²) in [6, 6.07) is 0. The molecule has 2 saturated heterocycles. The van der Waals surface area contributed by atoms with Crippen molar-refractivity contribution in [2.45, 2.75) is 126 Å². The van der Waals surface area contributed by atoms with Crippen molar-refractivity contribution in [3.63, 3.8) is 0 Å². The summed E-state index contributed by atoms with van der Waals surface area (Å²) in [7, 11) is 3.12. The Labute approximate surface area is 300 Å². The van der Waals surface area contributed by atoms with E-state index in [1.54, 1.807) is 7.05 Å². The van der Waals surface area contributed by atoms with Gasteiger partial charge in [0.25, 0.3) is 0 Å². The molecule has 0 amide bonds. The van der Waals surface area contributed by atoms with E-state index < -0.39 is 79.3 Å². The second-order valence-corrected chi connectivity index (χ2v) is 16.3. The number of guanidine groups is 1. The van der Waals surface area contributed by atoms with Gasteiger partial charge in [-0.3, -0.25) is 14.6 Å². The molecule has 0 aromatic heterocycles. The summed E-state index contributed by atoms with van der Waals surface area (Å²) in [4.78, 5) is 33.5. The van der Waals surface area contributed by atoms with Crippen LogP contribution < -0.4 is 22.1 Å². The highest BCUT2D eigenvalue weighted by Crippen LogP contribution is 2.56. The number of nitrogens with one attached hydrogen (secondary N) is 2. The van der Waals surface area contributed by atoms with E-state index in [1.807, 2.05) is 0 Å². The standard InChI is InChI=1S/C36H61N5O10/c1-39-35(38)41-15-22-17(13-36(8-4-3-5-9-36)18-6-7-25(37)40-14-18)10-20-27(29(22)44)31(46)26-21(28(20)43)11-19(49-2)12-23(26)50-34-33(48)32(47)30(45)24(16-42)51-34/h17-27,29-30,32-34,40,42,44-45,47-48H,3-16,37H2,1-2H3,(H3,38,39,41). The van der Waals surface area contributed by atoms with Gasteiger partial charge in [0.1, 0.15) is 36.0 Å². The second kappa shape index (κ2) is 16.3. The molecule has 6 aliphatic rings. The Balaban J connectivity index is 1.29. The Morgan fingerprint density at radius 3 is 2.35 bits per heavy atom. The minimum atomic E-state index is -1.67. The van der Waals surface area contributed by atoms with E-state index in [1.165, 1.54) is 13.5 Å². The number of fused-ring (bicyclic) bond motifs is 2. The summed E-state index contributed by atoms with van der Waals surface area (Å²) in [5, 5.41) is 60.2. The molecular formula is C36H61N5O10. The lowest BCUT2D eigenvalue weighted by atomic mass is 9.51. The van der Waals surface area contributed by atoms with Crippen LogP contribution in [0.5, 0.6) is 0 Å². The van der Waals surface area contributed by atoms with Crippen molar-refractivity contribution < 1.29 is 49.3 Å². The SMILES string of the molecule is CN=C(N)NCC1C(CC2(C3CCC(N)NC3)CCCCC2)CC2C(=O)C3CC(OC)CC(OC4OC(CO)C(O)C(O)C4O)C3C(=O)C2C1O. The number of carbonyl (C=O) groups excluding carboxylic acids is 2. The fourth-order valence-corrected chi connectivity index (χ4v) is 10.9. The molecule has 16 unspecified atom stereocenters. The van der Waals surface area contributed by atoms with Crippen LogP contribution in [0.1, 0.15) is 70.6 Å². The molecule has 6 fully saturated rings. The van der Waals surface area contributed by atoms with Crippen molar-refractivity contribution >= 4 is 17.5 Å². The lowest BCUT2D eigenvalue weighted by molar-refractivity contribution is -0.319. The van der Waals surface area contributed by atoms with Crippen LogP contribution in [0.2, 0.25) is 0 Å². The Morgan fingerprint density at radius 2 is 1.71 bits per heavy atom. The van der Waals surface area contributed by atoms with Gasteiger partial charge in [-0.25, -0.2) is 0 Å². The molecule has 0 radical (unpaired) electrons. The third-order valence-electron chi connectivity index (χ3n) is 13.7. The van der Waals surface area contributed by atoms with Crippen LogP contribution in [0.4, 0.5) is 0 Å². The molecule has 0 bridgehead atoms. The predicted molar refractivity (Wildman–Crippen MR) is 185 cm³/mol. The van der Waals surface area contributed by atoms with Crippen molar-refractivity contribution in [2.75, 3.05) is 33.9 Å². The smallest absolute Gasteiger partial charge is 0.188 e. The quantitative estimate of drug-likeness (QED) is 0.0997. The maximum atomic E-state index is 14.7. The van der Waals surface area contributed by atoms with Crippen molar-refractivity contribution in [2.24, 2.45) is 63.3 Å². The molecule has 4 aliphatic carbocycles. The molecule has 11 N–H and O–H groups in total. The molecule has 0 aromatic rings. The summed E-state index contributed by atoms with van der Waals surface area (Å²) in [6.07, 6.45) is -0.703. The summed E-state index contributed by atoms with van der Waals surface area (Å²) in [6.45, 7) is 0.510. The van der Waals surface area contributed by atoms with Crippen molar-refractivity contribution in [3.05, 3.63) is 0 Å². The second-order valence-electron chi connectivity index (χ2n) is 16.3. The Bertz CT molecular complexity index is 1240. The maximum absolute atomic E-state index is 14.7. The summed E-state index contributed by atoms with van der Waals surface area (Å²) in [5.74, 6) is -3.42. The first kappa shape index (κ1) is 38.9. The lowest BCUT2D eigenvalue weighted by Gasteiger charge is -2.55. The lowest BCUT2D eigenvalue weighted by Crippen LogP contribution is -2.64. The van der Waals surface area contributed by atoms with E-state index >= 15 is 0 Å². The largest absolute Gasteiger partial charge is 0.394 e. The molecule has 2 heterocycles. The van der Waals surface area contributed by atoms with Crippen LogP contribution in [0, 0.1) is 46.8 Å². The Kier molecular flexibility index (Phi) is 12.4. The highest BCUT2D eigenvalue weighted by atomic mass is 16.7. The maximum Gasteiger partial charge on any atom is 0.188 e. The van der Waals surface area contributed by atoms with Gasteiger partial charge in [-0.2, -0.15) is 0 Å². The molecule has 16 atom stereocenters. The molecule has 0 spiro atoms. The zero-order valence-corrected chi connectivity index (χ0v) is 30.0. The number of piperidine rings is 1. The fraction of sp³-hybridized carbons (Fsp3) is 0.917. The van der Waals surface area contributed by atoms with Gasteiger partial charge >= 0.3 is 0 Å². The van der Waals surface area contributed by atoms with Crippen LogP contribution >= 0.6 is 0 Å². The zero-order chi connectivity index (χ0) is 36.6. The number of rotatable bonds is 9. The molecule has 6 rings (SSSR count). The molecule has 15 heteroatoms. The predicted octanol–water partition coefficient (Wildman–Crippen LogP) is -1.25. The summed E-state index contributed by atoms with van der Waals surface area (Å²) < 4.78 is 17.6. The number of nitrogens with two attached hydrogens (primary N) is 2. The van der Waals surface area contributed by atoms with E-state index in [0.717, 1.165) is 51.5 Å². The van der Waals surface area contributed by atoms with Gasteiger partial charge in [-0.15, -0.1) is 0 Å². The first-order chi connectivity index (χ1) is 24.4. The molecule has 15 nitrogen and oxygen atoms in total. The van der Waals surface area contributed by atoms with E-state index in [-0.39, 0.29) is 47.4 Å². The van der Waals surface area contributed by atoms with Gasteiger partial charge in [-0.05, 0) is 68.7 Å². The van der Waals surface area contributed by atoms with E-state index in [4.69, 9.17) is 25.7 Å². The van der Waals surface area contributed by atoms with Gasteiger partial charge in [0, 0.05) is 44.9 Å². The normalized spacial score (nSPS) is 46.2. The number of carbonyl (C=O) groups is 2. The average molecular weight is 724 g/mol. The van der Waals surface area contributed by atoms with Crippen LogP contribution in [0.25, 0.3) is 0 Å². The molecule has 290 valence electrons. The van der Waals surface area contributed by atoms with Crippen LogP contribution in [-0.4, -0.2) is 132 Å². The Morgan fingerprint density at radius 1 is 0.980 bits per heavy atom. The van der Waals surface area contributed by atoms with E-state index in [0.29, 0.717) is 25.3 Å². The number of ketones is 2. The van der Waals surface area contributed by atoms with Gasteiger partial charge in [0.05, 0.1) is 42.9 Å². The van der Waals surface area contributed by atoms with Crippen molar-refractivity contribution in [1.29, 1.82) is 0 Å². The molecule has 51 heavy (non-hydrogen) atoms. The monoisotopic (exact) mass is 723 g/mol. The number of hydrogen-bond acceptors (Lipinski definition) is 13. The first-order valence-electron chi connectivity index (χ1n) is 19.1. The average Bonchev–Trinajstić information content (AvgIpc) is 3.13. The Hall–Kier alpha value is -1.79. The fourth-order valence-electron chi connectivity index (χ4n) is 10.9. The van der Waals surface area contributed by atoms with Gasteiger partial charge < -0.3 is 61.8 Å². The summed E-state index contributed by atoms with van der Waals surface area (Å²) in [5.41, 5.74) is 12.3. The minimum absolute atomic E-state index is 0.00819. The number of aliphatic hydroxyl groups excluding tert-OH is 5. The van der Waals surface area contributed by atoms with Crippen LogP contribution in [0.15, 0.2) is 4.99 Å². The molecular weight excluding hydrogens is 662 g/mol. The van der Waals surface area contributed by atoms with Crippen molar-refractivity contribution in [3.8, 4) is 0 Å². The number of aliphatic hydroxyl groups is 5. The number of hydrogen-bond donors (Lipinski definition) is 9. The third-order valence-corrected chi connectivity index (χ3v) is 13.7. The number of aliphatic imine (C=N–C) groups is 1. The van der Waals surface area contributed by atoms with Gasteiger partial charge in [0.15, 0.2) is 12.2 Å². The third kappa shape index (κ3) is 7.62.